The van der Waals surface area contributed by atoms with E-state index in [1.807, 2.05) is 0 Å². The van der Waals surface area contributed by atoms with E-state index in [-0.39, 0.29) is 17.9 Å². The standard InChI is InChI=1S/C25H19F4N3O2/c1-34-23-19(24(33)30-14-16-2-7-17(8-3-16)25(27,28)29)11-13-21-22(23)20(31-32-21)12-6-15-4-9-18(26)10-5-15/h2-13H,14H2,1H3,(H,30,33)(H,31,32). The van der Waals surface area contributed by atoms with Crippen LogP contribution in [-0.4, -0.2) is 23.2 Å². The predicted octanol–water partition coefficient (Wildman–Crippen LogP) is 5.83. The number of nitrogens with one attached hydrogen (secondary N) is 2. The van der Waals surface area contributed by atoms with Gasteiger partial charge in [-0.3, -0.25) is 9.89 Å². The van der Waals surface area contributed by atoms with E-state index in [4.69, 9.17) is 4.74 Å². The largest absolute Gasteiger partial charge is 0.495 e. The minimum atomic E-state index is -4.42. The number of hydrogen-bond donors (Lipinski definition) is 2. The molecular formula is C25H19F4N3O2. The summed E-state index contributed by atoms with van der Waals surface area (Å²) in [5.41, 5.74) is 1.95. The molecule has 4 aromatic rings. The lowest BCUT2D eigenvalue weighted by atomic mass is 10.1. The maximum atomic E-state index is 13.1. The molecular weight excluding hydrogens is 450 g/mol. The number of amides is 1. The average Bonchev–Trinajstić information content (AvgIpc) is 3.24. The number of alkyl halides is 3. The third-order valence-corrected chi connectivity index (χ3v) is 5.20. The van der Waals surface area contributed by atoms with Crippen LogP contribution in [0, 0.1) is 5.82 Å². The molecule has 2 N–H and O–H groups in total. The molecule has 0 saturated carbocycles. The van der Waals surface area contributed by atoms with E-state index >= 15 is 0 Å². The van der Waals surface area contributed by atoms with Crippen molar-refractivity contribution in [1.82, 2.24) is 15.5 Å². The highest BCUT2D eigenvalue weighted by Gasteiger charge is 2.30. The number of H-pyrrole nitrogens is 1. The Kier molecular flexibility index (Phi) is 6.36. The Morgan fingerprint density at radius 1 is 1.03 bits per heavy atom. The van der Waals surface area contributed by atoms with Gasteiger partial charge >= 0.3 is 6.18 Å². The van der Waals surface area contributed by atoms with Gasteiger partial charge in [-0.1, -0.05) is 30.3 Å². The normalized spacial score (nSPS) is 11.8. The molecule has 5 nitrogen and oxygen atoms in total. The summed E-state index contributed by atoms with van der Waals surface area (Å²) in [6.45, 7) is 0.0425. The number of benzene rings is 3. The summed E-state index contributed by atoms with van der Waals surface area (Å²) in [5.74, 6) is -0.487. The summed E-state index contributed by atoms with van der Waals surface area (Å²) < 4.78 is 56.8. The van der Waals surface area contributed by atoms with Crippen LogP contribution in [0.5, 0.6) is 5.75 Å². The van der Waals surface area contributed by atoms with E-state index in [9.17, 15) is 22.4 Å². The smallest absolute Gasteiger partial charge is 0.416 e. The predicted molar refractivity (Wildman–Crippen MR) is 121 cm³/mol. The van der Waals surface area contributed by atoms with E-state index in [1.54, 1.807) is 36.4 Å². The topological polar surface area (TPSA) is 67.0 Å². The molecule has 1 aromatic heterocycles. The van der Waals surface area contributed by atoms with Crippen LogP contribution >= 0.6 is 0 Å². The second kappa shape index (κ2) is 9.38. The third kappa shape index (κ3) is 4.93. The zero-order chi connectivity index (χ0) is 24.3. The summed E-state index contributed by atoms with van der Waals surface area (Å²) in [5, 5.41) is 10.4. The van der Waals surface area contributed by atoms with Crippen LogP contribution in [0.4, 0.5) is 17.6 Å². The molecule has 1 amide bonds. The molecule has 4 rings (SSSR count). The summed E-state index contributed by atoms with van der Waals surface area (Å²) in [6, 6.07) is 13.8. The Morgan fingerprint density at radius 2 is 1.74 bits per heavy atom. The van der Waals surface area contributed by atoms with Crippen LogP contribution in [0.15, 0.2) is 60.7 Å². The third-order valence-electron chi connectivity index (χ3n) is 5.20. The molecule has 0 atom stereocenters. The Labute approximate surface area is 192 Å². The van der Waals surface area contributed by atoms with E-state index in [0.717, 1.165) is 17.7 Å². The first kappa shape index (κ1) is 23.0. The molecule has 1 heterocycles. The van der Waals surface area contributed by atoms with Crippen molar-refractivity contribution >= 4 is 29.0 Å². The number of rotatable bonds is 6. The highest BCUT2D eigenvalue weighted by Crippen LogP contribution is 2.32. The fourth-order valence-electron chi connectivity index (χ4n) is 3.46. The zero-order valence-electron chi connectivity index (χ0n) is 17.9. The van der Waals surface area contributed by atoms with Crippen molar-refractivity contribution < 1.29 is 27.1 Å². The lowest BCUT2D eigenvalue weighted by Crippen LogP contribution is -2.23. The van der Waals surface area contributed by atoms with Gasteiger partial charge < -0.3 is 10.1 Å². The number of methoxy groups -OCH3 is 1. The van der Waals surface area contributed by atoms with Gasteiger partial charge in [0.05, 0.1) is 34.8 Å². The molecule has 0 radical (unpaired) electrons. The Balaban J connectivity index is 1.57. The van der Waals surface area contributed by atoms with Gasteiger partial charge in [0.25, 0.3) is 5.91 Å². The van der Waals surface area contributed by atoms with E-state index in [0.29, 0.717) is 27.9 Å². The van der Waals surface area contributed by atoms with Gasteiger partial charge in [-0.05, 0) is 53.6 Å². The van der Waals surface area contributed by atoms with Crippen molar-refractivity contribution in [3.63, 3.8) is 0 Å². The molecule has 0 aliphatic rings. The van der Waals surface area contributed by atoms with Gasteiger partial charge in [0.15, 0.2) is 0 Å². The van der Waals surface area contributed by atoms with Crippen LogP contribution in [0.1, 0.15) is 32.7 Å². The minimum Gasteiger partial charge on any atom is -0.495 e. The number of carbonyl (C=O) groups is 1. The number of aromatic nitrogens is 2. The number of fused-ring (bicyclic) bond motifs is 1. The highest BCUT2D eigenvalue weighted by atomic mass is 19.4. The molecule has 0 unspecified atom stereocenters. The summed E-state index contributed by atoms with van der Waals surface area (Å²) in [6.07, 6.45) is -0.942. The number of carbonyl (C=O) groups excluding carboxylic acids is 1. The monoisotopic (exact) mass is 469 g/mol. The van der Waals surface area contributed by atoms with Crippen molar-refractivity contribution in [3.8, 4) is 5.75 Å². The molecule has 0 aliphatic heterocycles. The molecule has 34 heavy (non-hydrogen) atoms. The first-order valence-corrected chi connectivity index (χ1v) is 10.2. The second-order valence-electron chi connectivity index (χ2n) is 7.44. The lowest BCUT2D eigenvalue weighted by molar-refractivity contribution is -0.137. The number of ether oxygens (including phenoxy) is 1. The Bertz CT molecular complexity index is 1340. The SMILES string of the molecule is COc1c(C(=O)NCc2ccc(C(F)(F)F)cc2)ccc2[nH]nc(C=Cc3ccc(F)cc3)c12. The summed E-state index contributed by atoms with van der Waals surface area (Å²) >= 11 is 0. The van der Waals surface area contributed by atoms with E-state index in [1.165, 1.54) is 31.4 Å². The number of hydrogen-bond acceptors (Lipinski definition) is 3. The van der Waals surface area contributed by atoms with Crippen LogP contribution in [0.3, 0.4) is 0 Å². The van der Waals surface area contributed by atoms with E-state index < -0.39 is 17.6 Å². The highest BCUT2D eigenvalue weighted by molar-refractivity contribution is 6.05. The van der Waals surface area contributed by atoms with Gasteiger partial charge in [-0.15, -0.1) is 0 Å². The summed E-state index contributed by atoms with van der Waals surface area (Å²) in [7, 11) is 1.43. The Hall–Kier alpha value is -4.14. The molecule has 0 spiro atoms. The van der Waals surface area contributed by atoms with Gasteiger partial charge in [0.2, 0.25) is 0 Å². The number of aromatic amines is 1. The van der Waals surface area contributed by atoms with Crippen LogP contribution in [0.25, 0.3) is 23.1 Å². The molecule has 0 saturated heterocycles. The van der Waals surface area contributed by atoms with Gasteiger partial charge in [-0.25, -0.2) is 4.39 Å². The number of halogens is 4. The van der Waals surface area contributed by atoms with Crippen LogP contribution < -0.4 is 10.1 Å². The molecule has 174 valence electrons. The molecule has 0 aliphatic carbocycles. The molecule has 0 fully saturated rings. The fourth-order valence-corrected chi connectivity index (χ4v) is 3.46. The van der Waals surface area contributed by atoms with Crippen molar-refractivity contribution in [1.29, 1.82) is 0 Å². The van der Waals surface area contributed by atoms with Crippen LogP contribution in [0.2, 0.25) is 0 Å². The first-order valence-electron chi connectivity index (χ1n) is 10.2. The second-order valence-corrected chi connectivity index (χ2v) is 7.44. The first-order chi connectivity index (χ1) is 16.3. The van der Waals surface area contributed by atoms with Crippen molar-refractivity contribution in [2.45, 2.75) is 12.7 Å². The van der Waals surface area contributed by atoms with Gasteiger partial charge in [-0.2, -0.15) is 18.3 Å². The van der Waals surface area contributed by atoms with Crippen LogP contribution in [-0.2, 0) is 12.7 Å². The summed E-state index contributed by atoms with van der Waals surface area (Å²) in [4.78, 5) is 12.9. The fraction of sp³-hybridized carbons (Fsp3) is 0.120. The van der Waals surface area contributed by atoms with Gasteiger partial charge in [0, 0.05) is 6.54 Å². The lowest BCUT2D eigenvalue weighted by Gasteiger charge is -2.11. The van der Waals surface area contributed by atoms with Crippen molar-refractivity contribution in [2.24, 2.45) is 0 Å². The number of nitrogens with zero attached hydrogens (tertiary/aromatic N) is 1. The molecule has 0 bridgehead atoms. The molecule has 9 heteroatoms. The average molecular weight is 469 g/mol. The Morgan fingerprint density at radius 3 is 2.38 bits per heavy atom. The van der Waals surface area contributed by atoms with E-state index in [2.05, 4.69) is 15.5 Å². The van der Waals surface area contributed by atoms with Crippen molar-refractivity contribution in [3.05, 3.63) is 94.4 Å². The van der Waals surface area contributed by atoms with Crippen molar-refractivity contribution in [2.75, 3.05) is 7.11 Å². The maximum Gasteiger partial charge on any atom is 0.416 e. The maximum absolute atomic E-state index is 13.1. The quantitative estimate of drug-likeness (QED) is 0.349. The zero-order valence-corrected chi connectivity index (χ0v) is 17.9. The molecule has 3 aromatic carbocycles. The van der Waals surface area contributed by atoms with Gasteiger partial charge in [0.1, 0.15) is 11.6 Å². The minimum absolute atomic E-state index is 0.0425.